The van der Waals surface area contributed by atoms with E-state index >= 15 is 0 Å². The number of nitrogens with one attached hydrogen (secondary N) is 2. The number of ether oxygens (including phenoxy) is 3. The zero-order chi connectivity index (χ0) is 25.9. The molecule has 1 aliphatic rings. The molecule has 1 amide bonds. The molecular weight excluding hydrogens is 470 g/mol. The highest BCUT2D eigenvalue weighted by atomic mass is 16.5. The van der Waals surface area contributed by atoms with Crippen molar-refractivity contribution >= 4 is 34.0 Å². The van der Waals surface area contributed by atoms with Crippen LogP contribution in [0.4, 0.5) is 17.2 Å². The molecule has 1 heterocycles. The van der Waals surface area contributed by atoms with Crippen LogP contribution in [0.1, 0.15) is 12.8 Å². The molecule has 2 N–H and O–H groups in total. The first kappa shape index (κ1) is 26.5. The third-order valence-electron chi connectivity index (χ3n) is 6.06. The molecule has 37 heavy (non-hydrogen) atoms. The zero-order valence-corrected chi connectivity index (χ0v) is 21.5. The van der Waals surface area contributed by atoms with Gasteiger partial charge in [-0.3, -0.25) is 9.69 Å². The molecule has 1 aromatic heterocycles. The van der Waals surface area contributed by atoms with E-state index in [-0.39, 0.29) is 5.91 Å². The second-order valence-electron chi connectivity index (χ2n) is 9.01. The molecule has 3 aromatic rings. The van der Waals surface area contributed by atoms with Gasteiger partial charge in [0.2, 0.25) is 5.91 Å². The summed E-state index contributed by atoms with van der Waals surface area (Å²) in [7, 11) is 3.35. The number of amides is 1. The predicted octanol–water partition coefficient (Wildman–Crippen LogP) is 4.25. The molecular formula is C28H35N5O4. The Morgan fingerprint density at radius 1 is 1.08 bits per heavy atom. The summed E-state index contributed by atoms with van der Waals surface area (Å²) in [5, 5.41) is 7.13. The van der Waals surface area contributed by atoms with Crippen LogP contribution in [0.15, 0.2) is 60.9 Å². The van der Waals surface area contributed by atoms with Crippen molar-refractivity contribution in [3.8, 4) is 5.75 Å². The number of para-hydroxylation sites is 1. The number of hydrogen-bond donors (Lipinski definition) is 2. The first-order chi connectivity index (χ1) is 18.2. The van der Waals surface area contributed by atoms with Gasteiger partial charge in [-0.15, -0.1) is 0 Å². The molecule has 1 saturated carbocycles. The van der Waals surface area contributed by atoms with Gasteiger partial charge in [0.05, 0.1) is 31.0 Å². The zero-order valence-electron chi connectivity index (χ0n) is 21.5. The van der Waals surface area contributed by atoms with Gasteiger partial charge >= 0.3 is 0 Å². The lowest BCUT2D eigenvalue weighted by molar-refractivity contribution is -0.111. The third kappa shape index (κ3) is 8.24. The number of benzene rings is 2. The van der Waals surface area contributed by atoms with E-state index in [2.05, 4.69) is 25.5 Å². The fraction of sp³-hybridized carbons (Fsp3) is 0.393. The van der Waals surface area contributed by atoms with Gasteiger partial charge < -0.3 is 24.8 Å². The predicted molar refractivity (Wildman–Crippen MR) is 145 cm³/mol. The van der Waals surface area contributed by atoms with Gasteiger partial charge in [0.25, 0.3) is 0 Å². The Morgan fingerprint density at radius 3 is 2.54 bits per heavy atom. The molecule has 9 heteroatoms. The van der Waals surface area contributed by atoms with Crippen LogP contribution in [0, 0.1) is 5.92 Å². The Bertz CT molecular complexity index is 1180. The second-order valence-corrected chi connectivity index (χ2v) is 9.01. The standard InChI is InChI=1S/C28H35N5O4/c1-35-15-13-33(14-16-36-2)12-6-9-27(34)32-25-17-23-24(18-26(25)37-19-21-10-11-21)29-20-30-28(23)31-22-7-4-3-5-8-22/h3-9,17-18,20-21H,10-16,19H2,1-2H3,(H,32,34)(H,29,30,31)/b9-6+. The molecule has 1 fully saturated rings. The summed E-state index contributed by atoms with van der Waals surface area (Å²) in [4.78, 5) is 23.9. The van der Waals surface area contributed by atoms with Crippen molar-refractivity contribution in [3.05, 3.63) is 60.9 Å². The first-order valence-corrected chi connectivity index (χ1v) is 12.6. The number of anilines is 3. The van der Waals surface area contributed by atoms with E-state index in [9.17, 15) is 4.79 Å². The summed E-state index contributed by atoms with van der Waals surface area (Å²) in [5.74, 6) is 1.60. The maximum absolute atomic E-state index is 12.9. The van der Waals surface area contributed by atoms with Crippen LogP contribution in [0.3, 0.4) is 0 Å². The van der Waals surface area contributed by atoms with Gasteiger partial charge in [0.1, 0.15) is 17.9 Å². The maximum atomic E-state index is 12.9. The van der Waals surface area contributed by atoms with Crippen molar-refractivity contribution in [2.75, 3.05) is 64.3 Å². The van der Waals surface area contributed by atoms with Crippen molar-refractivity contribution in [2.24, 2.45) is 5.92 Å². The van der Waals surface area contributed by atoms with Gasteiger partial charge in [-0.05, 0) is 37.0 Å². The summed E-state index contributed by atoms with van der Waals surface area (Å²) < 4.78 is 16.5. The fourth-order valence-corrected chi connectivity index (χ4v) is 3.77. The van der Waals surface area contributed by atoms with Crippen LogP contribution >= 0.6 is 0 Å². The molecule has 1 aliphatic carbocycles. The molecule has 0 unspecified atom stereocenters. The van der Waals surface area contributed by atoms with Crippen molar-refractivity contribution in [1.29, 1.82) is 0 Å². The summed E-state index contributed by atoms with van der Waals surface area (Å²) in [6.07, 6.45) is 7.27. The molecule has 0 aliphatic heterocycles. The highest BCUT2D eigenvalue weighted by Gasteiger charge is 2.23. The Labute approximate surface area is 217 Å². The van der Waals surface area contributed by atoms with Crippen LogP contribution in [-0.2, 0) is 14.3 Å². The number of nitrogens with zero attached hydrogens (tertiary/aromatic N) is 3. The van der Waals surface area contributed by atoms with E-state index < -0.39 is 0 Å². The minimum atomic E-state index is -0.233. The third-order valence-corrected chi connectivity index (χ3v) is 6.06. The van der Waals surface area contributed by atoms with Gasteiger partial charge in [-0.2, -0.15) is 0 Å². The Kier molecular flexibility index (Phi) is 9.81. The van der Waals surface area contributed by atoms with Gasteiger partial charge in [-0.25, -0.2) is 9.97 Å². The monoisotopic (exact) mass is 505 g/mol. The molecule has 196 valence electrons. The molecule has 0 bridgehead atoms. The Morgan fingerprint density at radius 2 is 1.84 bits per heavy atom. The summed E-state index contributed by atoms with van der Waals surface area (Å²) in [5.41, 5.74) is 2.24. The van der Waals surface area contributed by atoms with Crippen molar-refractivity contribution in [1.82, 2.24) is 14.9 Å². The first-order valence-electron chi connectivity index (χ1n) is 12.6. The van der Waals surface area contributed by atoms with Crippen LogP contribution in [0.5, 0.6) is 5.75 Å². The normalized spacial score (nSPS) is 13.4. The average Bonchev–Trinajstić information content (AvgIpc) is 3.74. The number of carbonyl (C=O) groups excluding carboxylic acids is 1. The Balaban J connectivity index is 1.52. The van der Waals surface area contributed by atoms with Crippen molar-refractivity contribution in [2.45, 2.75) is 12.8 Å². The molecule has 4 rings (SSSR count). The number of aromatic nitrogens is 2. The van der Waals surface area contributed by atoms with Crippen LogP contribution < -0.4 is 15.4 Å². The molecule has 9 nitrogen and oxygen atoms in total. The van der Waals surface area contributed by atoms with E-state index in [0.717, 1.165) is 29.7 Å². The maximum Gasteiger partial charge on any atom is 0.248 e. The molecule has 0 spiro atoms. The number of rotatable bonds is 15. The summed E-state index contributed by atoms with van der Waals surface area (Å²) in [6, 6.07) is 13.6. The molecule has 0 radical (unpaired) electrons. The van der Waals surface area contributed by atoms with E-state index in [0.29, 0.717) is 49.5 Å². The number of hydrogen-bond acceptors (Lipinski definition) is 8. The van der Waals surface area contributed by atoms with E-state index in [1.807, 2.05) is 48.5 Å². The van der Waals surface area contributed by atoms with E-state index in [1.54, 1.807) is 20.3 Å². The Hall–Kier alpha value is -3.53. The fourth-order valence-electron chi connectivity index (χ4n) is 3.77. The second kappa shape index (κ2) is 13.7. The highest BCUT2D eigenvalue weighted by molar-refractivity contribution is 6.03. The largest absolute Gasteiger partial charge is 0.491 e. The minimum absolute atomic E-state index is 0.233. The number of fused-ring (bicyclic) bond motifs is 1. The quantitative estimate of drug-likeness (QED) is 0.296. The number of carbonyl (C=O) groups is 1. The highest BCUT2D eigenvalue weighted by Crippen LogP contribution is 2.35. The van der Waals surface area contributed by atoms with Gasteiger partial charge in [0.15, 0.2) is 0 Å². The van der Waals surface area contributed by atoms with Gasteiger partial charge in [-0.1, -0.05) is 24.3 Å². The number of methoxy groups -OCH3 is 2. The molecule has 2 aromatic carbocycles. The average molecular weight is 506 g/mol. The van der Waals surface area contributed by atoms with Crippen molar-refractivity contribution in [3.63, 3.8) is 0 Å². The van der Waals surface area contributed by atoms with Gasteiger partial charge in [0, 0.05) is 57.1 Å². The summed E-state index contributed by atoms with van der Waals surface area (Å²) in [6.45, 7) is 3.98. The van der Waals surface area contributed by atoms with E-state index in [4.69, 9.17) is 14.2 Å². The smallest absolute Gasteiger partial charge is 0.248 e. The summed E-state index contributed by atoms with van der Waals surface area (Å²) >= 11 is 0. The topological polar surface area (TPSA) is 97.8 Å². The van der Waals surface area contributed by atoms with E-state index in [1.165, 1.54) is 19.2 Å². The molecule has 0 atom stereocenters. The minimum Gasteiger partial charge on any atom is -0.491 e. The lowest BCUT2D eigenvalue weighted by Gasteiger charge is -2.19. The SMILES string of the molecule is COCCN(C/C=C/C(=O)Nc1cc2c(Nc3ccccc3)ncnc2cc1OCC1CC1)CCOC. The lowest BCUT2D eigenvalue weighted by Crippen LogP contribution is -2.31. The van der Waals surface area contributed by atoms with Crippen molar-refractivity contribution < 1.29 is 19.0 Å². The van der Waals surface area contributed by atoms with Crippen LogP contribution in [0.2, 0.25) is 0 Å². The molecule has 0 saturated heterocycles. The lowest BCUT2D eigenvalue weighted by atomic mass is 10.1. The van der Waals surface area contributed by atoms with Crippen LogP contribution in [0.25, 0.3) is 10.9 Å². The van der Waals surface area contributed by atoms with Crippen LogP contribution in [-0.4, -0.2) is 74.4 Å².